The molecule has 2 N–H and O–H groups in total. The average Bonchev–Trinajstić information content (AvgIpc) is 2.56. The van der Waals surface area contributed by atoms with Gasteiger partial charge in [-0.15, -0.1) is 7.87 Å². The Balaban J connectivity index is 2.66. The van der Waals surface area contributed by atoms with E-state index < -0.39 is 17.9 Å². The zero-order valence-corrected chi connectivity index (χ0v) is 9.20. The molecule has 0 bridgehead atoms. The van der Waals surface area contributed by atoms with Gasteiger partial charge in [0.1, 0.15) is 0 Å². The molecule has 0 spiro atoms. The molecule has 1 rings (SSSR count). The van der Waals surface area contributed by atoms with Gasteiger partial charge in [-0.1, -0.05) is 7.87 Å². The van der Waals surface area contributed by atoms with Gasteiger partial charge in [-0.3, -0.25) is 9.59 Å². The van der Waals surface area contributed by atoms with Crippen LogP contribution in [-0.4, -0.2) is 22.2 Å². The highest BCUT2D eigenvalue weighted by molar-refractivity contribution is 7.90. The summed E-state index contributed by atoms with van der Waals surface area (Å²) in [5.74, 6) is -0.573. The van der Waals surface area contributed by atoms with Crippen molar-refractivity contribution < 1.29 is 19.8 Å². The van der Waals surface area contributed by atoms with Crippen molar-refractivity contribution in [2.45, 2.75) is 18.8 Å². The minimum atomic E-state index is -0.945. The van der Waals surface area contributed by atoms with E-state index in [1.165, 1.54) is 0 Å². The normalized spacial score (nSPS) is 13.4. The number of hydrogen-bond acceptors (Lipinski definition) is 2. The summed E-state index contributed by atoms with van der Waals surface area (Å²) in [6, 6.07) is 1.81. The highest BCUT2D eigenvalue weighted by Gasteiger charge is 2.20. The van der Waals surface area contributed by atoms with E-state index in [0.29, 0.717) is 7.87 Å². The van der Waals surface area contributed by atoms with Crippen LogP contribution in [0, 0.1) is 0 Å². The van der Waals surface area contributed by atoms with Crippen molar-refractivity contribution in [2.75, 3.05) is 0 Å². The fourth-order valence-corrected chi connectivity index (χ4v) is 3.91. The predicted octanol–water partition coefficient (Wildman–Crippen LogP) is 2.33. The first-order valence-corrected chi connectivity index (χ1v) is 6.85. The van der Waals surface area contributed by atoms with Gasteiger partial charge in [-0.05, 0) is 23.6 Å². The molecule has 0 saturated carbocycles. The van der Waals surface area contributed by atoms with Crippen molar-refractivity contribution >= 4 is 27.7 Å². The van der Waals surface area contributed by atoms with Crippen LogP contribution in [0.15, 0.2) is 11.9 Å². The molecule has 14 heavy (non-hydrogen) atoms. The second kappa shape index (κ2) is 5.14. The molecule has 2 atom stereocenters. The van der Waals surface area contributed by atoms with E-state index in [4.69, 9.17) is 10.2 Å². The van der Waals surface area contributed by atoms with Crippen LogP contribution in [0.2, 0.25) is 0 Å². The Morgan fingerprint density at radius 1 is 1.50 bits per heavy atom. The van der Waals surface area contributed by atoms with E-state index >= 15 is 0 Å². The molecule has 0 fully saturated rings. The van der Waals surface area contributed by atoms with Crippen LogP contribution in [0.3, 0.4) is 0 Å². The van der Waals surface area contributed by atoms with E-state index in [9.17, 15) is 9.59 Å². The van der Waals surface area contributed by atoms with Crippen molar-refractivity contribution in [1.82, 2.24) is 0 Å². The first-order valence-electron chi connectivity index (χ1n) is 4.05. The van der Waals surface area contributed by atoms with Gasteiger partial charge in [-0.2, -0.15) is 0 Å². The van der Waals surface area contributed by atoms with Crippen molar-refractivity contribution in [1.29, 1.82) is 0 Å². The number of aliphatic carboxylic acids is 2. The van der Waals surface area contributed by atoms with Crippen molar-refractivity contribution in [3.05, 3.63) is 17.2 Å². The first kappa shape index (κ1) is 11.2. The van der Waals surface area contributed by atoms with Crippen LogP contribution in [-0.2, 0) is 9.59 Å². The third-order valence-corrected chi connectivity index (χ3v) is 4.65. The topological polar surface area (TPSA) is 74.6 Å². The predicted molar refractivity (Wildman–Crippen MR) is 55.7 cm³/mol. The Morgan fingerprint density at radius 2 is 2.21 bits per heavy atom. The summed E-state index contributed by atoms with van der Waals surface area (Å²) in [5, 5.41) is 18.2. The van der Waals surface area contributed by atoms with Crippen molar-refractivity contribution in [3.63, 3.8) is 0 Å². The molecule has 6 heteroatoms. The smallest absolute Gasteiger partial charge is 0.311 e. The van der Waals surface area contributed by atoms with E-state index in [1.54, 1.807) is 6.07 Å². The summed E-state index contributed by atoms with van der Waals surface area (Å²) in [4.78, 5) is 21.2. The van der Waals surface area contributed by atoms with Crippen LogP contribution < -0.4 is 0 Å². The van der Waals surface area contributed by atoms with Gasteiger partial charge >= 0.3 is 11.9 Å². The fraction of sp³-hybridized carbons (Fsp3) is 0.375. The van der Waals surface area contributed by atoms with Crippen molar-refractivity contribution in [2.24, 2.45) is 0 Å². The van der Waals surface area contributed by atoms with Gasteiger partial charge in [0.05, 0.1) is 5.92 Å². The van der Waals surface area contributed by atoms with E-state index in [0.717, 1.165) is 13.2 Å². The zero-order chi connectivity index (χ0) is 10.6. The minimum Gasteiger partial charge on any atom is -0.481 e. The molecule has 1 heterocycles. The Kier molecular flexibility index (Phi) is 4.12. The molecular weight excluding hydrogens is 222 g/mol. The van der Waals surface area contributed by atoms with Crippen LogP contribution in [0.1, 0.15) is 24.1 Å². The summed E-state index contributed by atoms with van der Waals surface area (Å²) in [6.07, 6.45) is 0.0997. The first-order chi connectivity index (χ1) is 6.61. The van der Waals surface area contributed by atoms with Gasteiger partial charge in [0.15, 0.2) is 0 Å². The summed E-state index contributed by atoms with van der Waals surface area (Å²) in [6.45, 7) is 0. The SMILES string of the molecule is O=C(O)CCC(C(=O)O)c1ccp[pH]1. The Hall–Kier alpha value is -0.850. The molecule has 0 aliphatic heterocycles. The lowest BCUT2D eigenvalue weighted by molar-refractivity contribution is -0.140. The Bertz CT molecular complexity index is 320. The second-order valence-electron chi connectivity index (χ2n) is 2.84. The molecule has 0 amide bonds. The quantitative estimate of drug-likeness (QED) is 0.816. The maximum Gasteiger partial charge on any atom is 0.311 e. The summed E-state index contributed by atoms with van der Waals surface area (Å²) < 4.78 is 0. The highest BCUT2D eigenvalue weighted by atomic mass is 31.8. The summed E-state index contributed by atoms with van der Waals surface area (Å²) in [7, 11) is 1.60. The van der Waals surface area contributed by atoms with E-state index in [1.807, 2.05) is 5.80 Å². The highest BCUT2D eigenvalue weighted by Crippen LogP contribution is 2.35. The molecule has 0 aromatic carbocycles. The molecule has 1 aromatic heterocycles. The standard InChI is InChI=1S/C8H10O4P2/c9-7(10)2-1-5(8(11)12)6-3-4-13-14-6/h3-5,14H,1-2H2,(H,9,10)(H,11,12). The second-order valence-corrected chi connectivity index (χ2v) is 5.64. The molecule has 0 aliphatic rings. The van der Waals surface area contributed by atoms with Gasteiger partial charge in [0.25, 0.3) is 0 Å². The lowest BCUT2D eigenvalue weighted by atomic mass is 10.0. The monoisotopic (exact) mass is 232 g/mol. The number of hydrogen-bond donors (Lipinski definition) is 2. The fourth-order valence-electron chi connectivity index (χ4n) is 1.14. The number of rotatable bonds is 5. The van der Waals surface area contributed by atoms with Gasteiger partial charge in [-0.25, -0.2) is 0 Å². The maximum absolute atomic E-state index is 10.9. The van der Waals surface area contributed by atoms with Gasteiger partial charge in [0.2, 0.25) is 0 Å². The summed E-state index contributed by atoms with van der Waals surface area (Å²) in [5.41, 5.74) is 0. The molecule has 1 aromatic rings. The zero-order valence-electron chi connectivity index (χ0n) is 7.30. The Labute approximate surface area is 84.0 Å². The summed E-state index contributed by atoms with van der Waals surface area (Å²) >= 11 is 0. The van der Waals surface area contributed by atoms with E-state index in [2.05, 4.69) is 0 Å². The van der Waals surface area contributed by atoms with Crippen molar-refractivity contribution in [3.8, 4) is 0 Å². The van der Waals surface area contributed by atoms with Crippen LogP contribution >= 0.6 is 15.7 Å². The lowest BCUT2D eigenvalue weighted by Gasteiger charge is -2.08. The molecule has 2 unspecified atom stereocenters. The third kappa shape index (κ3) is 3.13. The number of carbonyl (C=O) groups is 2. The van der Waals surface area contributed by atoms with E-state index in [-0.39, 0.29) is 12.8 Å². The molecule has 4 nitrogen and oxygen atoms in total. The molecule has 76 valence electrons. The average molecular weight is 232 g/mol. The van der Waals surface area contributed by atoms with Crippen LogP contribution in [0.5, 0.6) is 0 Å². The molecule has 0 aliphatic carbocycles. The van der Waals surface area contributed by atoms with Crippen LogP contribution in [0.4, 0.5) is 0 Å². The van der Waals surface area contributed by atoms with Gasteiger partial charge < -0.3 is 10.2 Å². The molecule has 0 radical (unpaired) electrons. The van der Waals surface area contributed by atoms with Crippen LogP contribution in [0.25, 0.3) is 0 Å². The maximum atomic E-state index is 10.9. The molecule has 0 saturated heterocycles. The largest absolute Gasteiger partial charge is 0.481 e. The number of carboxylic acid groups (broad SMARTS) is 2. The minimum absolute atomic E-state index is 0.0876. The lowest BCUT2D eigenvalue weighted by Crippen LogP contribution is -2.11. The Morgan fingerprint density at radius 3 is 2.64 bits per heavy atom. The van der Waals surface area contributed by atoms with Gasteiger partial charge in [0, 0.05) is 6.42 Å². The number of carboxylic acids is 2. The third-order valence-electron chi connectivity index (χ3n) is 1.84. The molecular formula is C8H10O4P2.